The second-order valence-corrected chi connectivity index (χ2v) is 6.08. The Morgan fingerprint density at radius 2 is 1.85 bits per heavy atom. The standard InChI is InChI=1S/C20H20N4O2/c1-14-8-9-17(10-19(14)22-15(2)25)20(26)23-18-11-21-24(13-18)12-16-6-4-3-5-7-16/h3-11,13H,12H2,1-2H3,(H,22,25)(H,23,26). The summed E-state index contributed by atoms with van der Waals surface area (Å²) in [6.45, 7) is 3.95. The molecule has 2 N–H and O–H groups in total. The van der Waals surface area contributed by atoms with Crippen LogP contribution >= 0.6 is 0 Å². The van der Waals surface area contributed by atoms with Crippen LogP contribution in [0.3, 0.4) is 0 Å². The lowest BCUT2D eigenvalue weighted by Crippen LogP contribution is -2.13. The number of carbonyl (C=O) groups is 2. The second-order valence-electron chi connectivity index (χ2n) is 6.08. The first-order valence-electron chi connectivity index (χ1n) is 8.27. The van der Waals surface area contributed by atoms with Crippen LogP contribution in [0.4, 0.5) is 11.4 Å². The van der Waals surface area contributed by atoms with Crippen molar-refractivity contribution in [2.75, 3.05) is 10.6 Å². The maximum absolute atomic E-state index is 12.5. The first-order valence-corrected chi connectivity index (χ1v) is 8.27. The Morgan fingerprint density at radius 1 is 1.08 bits per heavy atom. The molecule has 0 aliphatic carbocycles. The molecule has 0 saturated heterocycles. The van der Waals surface area contributed by atoms with Crippen LogP contribution in [0.25, 0.3) is 0 Å². The van der Waals surface area contributed by atoms with E-state index in [1.807, 2.05) is 37.3 Å². The number of hydrogen-bond acceptors (Lipinski definition) is 3. The Labute approximate surface area is 151 Å². The van der Waals surface area contributed by atoms with Crippen LogP contribution in [0, 0.1) is 6.92 Å². The number of rotatable bonds is 5. The third kappa shape index (κ3) is 4.36. The minimum atomic E-state index is -0.254. The van der Waals surface area contributed by atoms with Crippen LogP contribution in [0.5, 0.6) is 0 Å². The molecule has 0 saturated carbocycles. The Kier molecular flexibility index (Phi) is 5.12. The SMILES string of the molecule is CC(=O)Nc1cc(C(=O)Nc2cnn(Cc3ccccc3)c2)ccc1C. The van der Waals surface area contributed by atoms with Gasteiger partial charge in [-0.2, -0.15) is 5.10 Å². The Balaban J connectivity index is 1.69. The molecular weight excluding hydrogens is 328 g/mol. The van der Waals surface area contributed by atoms with Gasteiger partial charge in [-0.1, -0.05) is 36.4 Å². The number of nitrogens with one attached hydrogen (secondary N) is 2. The largest absolute Gasteiger partial charge is 0.326 e. The first-order chi connectivity index (χ1) is 12.5. The van der Waals surface area contributed by atoms with E-state index < -0.39 is 0 Å². The number of benzene rings is 2. The predicted octanol–water partition coefficient (Wildman–Crippen LogP) is 3.45. The highest BCUT2D eigenvalue weighted by molar-refractivity contribution is 6.05. The average Bonchev–Trinajstić information content (AvgIpc) is 3.04. The highest BCUT2D eigenvalue weighted by Crippen LogP contribution is 2.18. The molecule has 3 rings (SSSR count). The molecule has 1 heterocycles. The maximum Gasteiger partial charge on any atom is 0.255 e. The molecule has 3 aromatic rings. The smallest absolute Gasteiger partial charge is 0.255 e. The van der Waals surface area contributed by atoms with Gasteiger partial charge in [0.1, 0.15) is 0 Å². The molecule has 0 aliphatic heterocycles. The van der Waals surface area contributed by atoms with Crippen LogP contribution in [-0.4, -0.2) is 21.6 Å². The second kappa shape index (κ2) is 7.65. The summed E-state index contributed by atoms with van der Waals surface area (Å²) in [6, 6.07) is 15.2. The molecule has 6 nitrogen and oxygen atoms in total. The summed E-state index contributed by atoms with van der Waals surface area (Å²) in [7, 11) is 0. The lowest BCUT2D eigenvalue weighted by Gasteiger charge is -2.09. The zero-order valence-corrected chi connectivity index (χ0v) is 14.7. The van der Waals surface area contributed by atoms with Gasteiger partial charge in [-0.3, -0.25) is 14.3 Å². The number of aryl methyl sites for hydroxylation is 1. The minimum absolute atomic E-state index is 0.173. The van der Waals surface area contributed by atoms with Crippen molar-refractivity contribution in [3.63, 3.8) is 0 Å². The normalized spacial score (nSPS) is 10.4. The molecule has 0 fully saturated rings. The monoisotopic (exact) mass is 348 g/mol. The van der Waals surface area contributed by atoms with Gasteiger partial charge in [0.15, 0.2) is 0 Å². The van der Waals surface area contributed by atoms with Gasteiger partial charge in [-0.25, -0.2) is 0 Å². The lowest BCUT2D eigenvalue weighted by molar-refractivity contribution is -0.114. The third-order valence-electron chi connectivity index (χ3n) is 3.89. The fraction of sp³-hybridized carbons (Fsp3) is 0.150. The zero-order valence-electron chi connectivity index (χ0n) is 14.7. The van der Waals surface area contributed by atoms with Gasteiger partial charge in [0.05, 0.1) is 18.4 Å². The van der Waals surface area contributed by atoms with E-state index in [0.29, 0.717) is 23.5 Å². The van der Waals surface area contributed by atoms with Gasteiger partial charge in [-0.15, -0.1) is 0 Å². The van der Waals surface area contributed by atoms with Gasteiger partial charge in [0.2, 0.25) is 5.91 Å². The van der Waals surface area contributed by atoms with E-state index in [1.54, 1.807) is 35.3 Å². The van der Waals surface area contributed by atoms with E-state index in [9.17, 15) is 9.59 Å². The average molecular weight is 348 g/mol. The highest BCUT2D eigenvalue weighted by atomic mass is 16.2. The summed E-state index contributed by atoms with van der Waals surface area (Å²) in [5.41, 5.74) is 3.74. The van der Waals surface area contributed by atoms with Crippen molar-refractivity contribution in [2.45, 2.75) is 20.4 Å². The van der Waals surface area contributed by atoms with E-state index >= 15 is 0 Å². The predicted molar refractivity (Wildman–Crippen MR) is 101 cm³/mol. The highest BCUT2D eigenvalue weighted by Gasteiger charge is 2.10. The van der Waals surface area contributed by atoms with E-state index in [4.69, 9.17) is 0 Å². The molecule has 6 heteroatoms. The molecule has 26 heavy (non-hydrogen) atoms. The Bertz CT molecular complexity index is 932. The minimum Gasteiger partial charge on any atom is -0.326 e. The number of nitrogens with zero attached hydrogens (tertiary/aromatic N) is 2. The molecule has 2 amide bonds. The molecule has 0 unspecified atom stereocenters. The van der Waals surface area contributed by atoms with Crippen LogP contribution in [0.15, 0.2) is 60.9 Å². The fourth-order valence-corrected chi connectivity index (χ4v) is 2.58. The molecule has 0 bridgehead atoms. The molecule has 1 aromatic heterocycles. The van der Waals surface area contributed by atoms with Gasteiger partial charge < -0.3 is 10.6 Å². The van der Waals surface area contributed by atoms with Crippen molar-refractivity contribution in [3.8, 4) is 0 Å². The van der Waals surface area contributed by atoms with Crippen LogP contribution in [0.2, 0.25) is 0 Å². The molecule has 0 spiro atoms. The number of carbonyl (C=O) groups excluding carboxylic acids is 2. The summed E-state index contributed by atoms with van der Waals surface area (Å²) in [5.74, 6) is -0.427. The summed E-state index contributed by atoms with van der Waals surface area (Å²) in [6.07, 6.45) is 3.40. The van der Waals surface area contributed by atoms with Crippen molar-refractivity contribution in [3.05, 3.63) is 77.6 Å². The maximum atomic E-state index is 12.5. The molecule has 2 aromatic carbocycles. The molecule has 0 radical (unpaired) electrons. The fourth-order valence-electron chi connectivity index (χ4n) is 2.58. The number of hydrogen-bond donors (Lipinski definition) is 2. The van der Waals surface area contributed by atoms with Crippen molar-refractivity contribution >= 4 is 23.2 Å². The van der Waals surface area contributed by atoms with E-state index in [0.717, 1.165) is 11.1 Å². The molecule has 0 aliphatic rings. The van der Waals surface area contributed by atoms with Gasteiger partial charge in [0.25, 0.3) is 5.91 Å². The van der Waals surface area contributed by atoms with Crippen molar-refractivity contribution in [1.29, 1.82) is 0 Å². The Morgan fingerprint density at radius 3 is 2.58 bits per heavy atom. The van der Waals surface area contributed by atoms with Crippen LogP contribution in [-0.2, 0) is 11.3 Å². The summed E-state index contributed by atoms with van der Waals surface area (Å²) < 4.78 is 1.77. The quantitative estimate of drug-likeness (QED) is 0.741. The van der Waals surface area contributed by atoms with Gasteiger partial charge in [-0.05, 0) is 30.2 Å². The van der Waals surface area contributed by atoms with Crippen molar-refractivity contribution < 1.29 is 9.59 Å². The van der Waals surface area contributed by atoms with E-state index in [1.165, 1.54) is 6.92 Å². The van der Waals surface area contributed by atoms with Crippen molar-refractivity contribution in [2.24, 2.45) is 0 Å². The van der Waals surface area contributed by atoms with Gasteiger partial charge in [0, 0.05) is 24.4 Å². The van der Waals surface area contributed by atoms with Crippen LogP contribution in [0.1, 0.15) is 28.4 Å². The topological polar surface area (TPSA) is 76.0 Å². The zero-order chi connectivity index (χ0) is 18.5. The van der Waals surface area contributed by atoms with Crippen molar-refractivity contribution in [1.82, 2.24) is 9.78 Å². The number of anilines is 2. The van der Waals surface area contributed by atoms with Gasteiger partial charge >= 0.3 is 0 Å². The molecule has 0 atom stereocenters. The number of aromatic nitrogens is 2. The summed E-state index contributed by atoms with van der Waals surface area (Å²) in [5, 5.41) is 9.83. The Hall–Kier alpha value is -3.41. The van der Waals surface area contributed by atoms with E-state index in [-0.39, 0.29) is 11.8 Å². The lowest BCUT2D eigenvalue weighted by atomic mass is 10.1. The van der Waals surface area contributed by atoms with Crippen LogP contribution < -0.4 is 10.6 Å². The first kappa shape index (κ1) is 17.4. The summed E-state index contributed by atoms with van der Waals surface area (Å²) in [4.78, 5) is 23.7. The number of amides is 2. The summed E-state index contributed by atoms with van der Waals surface area (Å²) >= 11 is 0. The molecule has 132 valence electrons. The molecular formula is C20H20N4O2. The van der Waals surface area contributed by atoms with E-state index in [2.05, 4.69) is 15.7 Å². The third-order valence-corrected chi connectivity index (χ3v) is 3.89.